The Kier molecular flexibility index (Phi) is 4.69. The topological polar surface area (TPSA) is 59.8 Å². The number of β-lactam (4-membered cyclic amide) rings is 1. The molecule has 4 rings (SSSR count). The van der Waals surface area contributed by atoms with Gasteiger partial charge < -0.3 is 9.15 Å². The third-order valence-electron chi connectivity index (χ3n) is 4.83. The molecule has 0 radical (unpaired) electrons. The predicted octanol–water partition coefficient (Wildman–Crippen LogP) is 4.68. The fraction of sp³-hybridized carbons (Fsp3) is 0.182. The molecule has 0 spiro atoms. The van der Waals surface area contributed by atoms with Crippen molar-refractivity contribution in [2.45, 2.75) is 17.8 Å². The van der Waals surface area contributed by atoms with Gasteiger partial charge in [0.2, 0.25) is 0 Å². The van der Waals surface area contributed by atoms with Crippen molar-refractivity contribution in [1.29, 1.82) is 0 Å². The average Bonchev–Trinajstić information content (AvgIpc) is 3.25. The number of furan rings is 1. The van der Waals surface area contributed by atoms with E-state index in [9.17, 15) is 9.59 Å². The van der Waals surface area contributed by atoms with Crippen LogP contribution in [0.5, 0.6) is 0 Å². The zero-order valence-electron chi connectivity index (χ0n) is 15.2. The van der Waals surface area contributed by atoms with E-state index in [-0.39, 0.29) is 5.91 Å². The third-order valence-corrected chi connectivity index (χ3v) is 5.41. The second-order valence-corrected chi connectivity index (χ2v) is 7.03. The fourth-order valence-corrected chi connectivity index (χ4v) is 3.91. The van der Waals surface area contributed by atoms with Gasteiger partial charge in [0, 0.05) is 5.69 Å². The number of nitrogens with zero attached hydrogens (tertiary/aromatic N) is 1. The van der Waals surface area contributed by atoms with E-state index in [0.29, 0.717) is 29.2 Å². The van der Waals surface area contributed by atoms with Crippen LogP contribution in [0.2, 0.25) is 0 Å². The van der Waals surface area contributed by atoms with Gasteiger partial charge in [0.25, 0.3) is 5.91 Å². The molecule has 0 bridgehead atoms. The van der Waals surface area contributed by atoms with Crippen molar-refractivity contribution in [3.63, 3.8) is 0 Å². The maximum atomic E-state index is 13.2. The second-order valence-electron chi connectivity index (χ2n) is 6.44. The van der Waals surface area contributed by atoms with Crippen LogP contribution in [0.1, 0.15) is 34.6 Å². The lowest BCUT2D eigenvalue weighted by molar-refractivity contribution is -0.129. The van der Waals surface area contributed by atoms with E-state index in [4.69, 9.17) is 20.8 Å². The fourth-order valence-electron chi connectivity index (χ4n) is 3.49. The molecular formula is C22H18ClNO4. The molecule has 1 aliphatic rings. The molecule has 1 saturated heterocycles. The zero-order chi connectivity index (χ0) is 19.7. The van der Waals surface area contributed by atoms with Crippen LogP contribution in [0.25, 0.3) is 0 Å². The number of anilines is 1. The summed E-state index contributed by atoms with van der Waals surface area (Å²) in [7, 11) is 0. The van der Waals surface area contributed by atoms with Crippen molar-refractivity contribution in [3.8, 4) is 0 Å². The number of rotatable bonds is 5. The van der Waals surface area contributed by atoms with Crippen molar-refractivity contribution < 1.29 is 18.7 Å². The minimum atomic E-state index is -1.25. The number of carbonyl (C=O) groups is 2. The molecular weight excluding hydrogens is 378 g/mol. The molecule has 0 unspecified atom stereocenters. The molecule has 1 fully saturated rings. The first-order chi connectivity index (χ1) is 13.6. The van der Waals surface area contributed by atoms with Crippen molar-refractivity contribution in [3.05, 3.63) is 89.9 Å². The SMILES string of the molecule is CCOC(=O)c1ccc(N2C(=O)[C@@](Cl)(c3ccccc3)[C@H]2c2ccco2)cc1. The van der Waals surface area contributed by atoms with Gasteiger partial charge in [-0.15, -0.1) is 11.6 Å². The summed E-state index contributed by atoms with van der Waals surface area (Å²) in [5.41, 5.74) is 1.77. The van der Waals surface area contributed by atoms with E-state index >= 15 is 0 Å². The number of ether oxygens (including phenoxy) is 1. The minimum absolute atomic E-state index is 0.245. The summed E-state index contributed by atoms with van der Waals surface area (Å²) in [6.07, 6.45) is 1.56. The molecule has 1 amide bonds. The maximum absolute atomic E-state index is 13.2. The highest BCUT2D eigenvalue weighted by molar-refractivity contribution is 6.41. The van der Waals surface area contributed by atoms with Gasteiger partial charge in [0.15, 0.2) is 4.87 Å². The highest BCUT2D eigenvalue weighted by atomic mass is 35.5. The van der Waals surface area contributed by atoms with E-state index < -0.39 is 16.9 Å². The van der Waals surface area contributed by atoms with Gasteiger partial charge in [0.05, 0.1) is 18.4 Å². The molecule has 1 aromatic heterocycles. The van der Waals surface area contributed by atoms with Crippen molar-refractivity contribution >= 4 is 29.2 Å². The van der Waals surface area contributed by atoms with E-state index in [1.54, 1.807) is 54.5 Å². The lowest BCUT2D eigenvalue weighted by Gasteiger charge is -2.51. The Morgan fingerprint density at radius 1 is 1.11 bits per heavy atom. The number of amides is 1. The van der Waals surface area contributed by atoms with Gasteiger partial charge in [-0.2, -0.15) is 0 Å². The van der Waals surface area contributed by atoms with Gasteiger partial charge in [-0.3, -0.25) is 9.69 Å². The van der Waals surface area contributed by atoms with E-state index in [2.05, 4.69) is 0 Å². The van der Waals surface area contributed by atoms with Gasteiger partial charge in [-0.05, 0) is 48.9 Å². The van der Waals surface area contributed by atoms with Crippen LogP contribution in [0.15, 0.2) is 77.4 Å². The Bertz CT molecular complexity index is 985. The zero-order valence-corrected chi connectivity index (χ0v) is 15.9. The first kappa shape index (κ1) is 18.3. The quantitative estimate of drug-likeness (QED) is 0.357. The molecule has 142 valence electrons. The van der Waals surface area contributed by atoms with E-state index in [1.165, 1.54) is 0 Å². The Balaban J connectivity index is 1.71. The molecule has 0 N–H and O–H groups in total. The largest absolute Gasteiger partial charge is 0.467 e. The van der Waals surface area contributed by atoms with Crippen LogP contribution < -0.4 is 4.90 Å². The van der Waals surface area contributed by atoms with Crippen LogP contribution in [0.3, 0.4) is 0 Å². The molecule has 1 aliphatic heterocycles. The van der Waals surface area contributed by atoms with Crippen LogP contribution >= 0.6 is 11.6 Å². The summed E-state index contributed by atoms with van der Waals surface area (Å²) in [4.78, 5) is 25.4. The standard InChI is InChI=1S/C22H18ClNO4/c1-2-27-20(25)15-10-12-17(13-11-15)24-19(18-9-6-14-28-18)22(23,21(24)26)16-7-4-3-5-8-16/h3-14,19H,2H2,1H3/t19-,22-/m1/s1. The molecule has 2 aromatic carbocycles. The van der Waals surface area contributed by atoms with E-state index in [0.717, 1.165) is 0 Å². The summed E-state index contributed by atoms with van der Waals surface area (Å²) < 4.78 is 10.6. The summed E-state index contributed by atoms with van der Waals surface area (Å²) in [6, 6.07) is 19.0. The van der Waals surface area contributed by atoms with Crippen LogP contribution in [0, 0.1) is 0 Å². The molecule has 6 heteroatoms. The average molecular weight is 396 g/mol. The van der Waals surface area contributed by atoms with Gasteiger partial charge >= 0.3 is 5.97 Å². The molecule has 0 aliphatic carbocycles. The molecule has 3 aromatic rings. The van der Waals surface area contributed by atoms with Crippen molar-refractivity contribution in [2.75, 3.05) is 11.5 Å². The summed E-state index contributed by atoms with van der Waals surface area (Å²) >= 11 is 6.88. The first-order valence-corrected chi connectivity index (χ1v) is 9.34. The number of hydrogen-bond donors (Lipinski definition) is 0. The normalized spacial score (nSPS) is 21.3. The van der Waals surface area contributed by atoms with Crippen molar-refractivity contribution in [1.82, 2.24) is 0 Å². The van der Waals surface area contributed by atoms with Crippen molar-refractivity contribution in [2.24, 2.45) is 0 Å². The predicted molar refractivity (Wildman–Crippen MR) is 105 cm³/mol. The number of halogens is 1. The van der Waals surface area contributed by atoms with Crippen LogP contribution in [0.4, 0.5) is 5.69 Å². The third kappa shape index (κ3) is 2.79. The van der Waals surface area contributed by atoms with Gasteiger partial charge in [-0.25, -0.2) is 4.79 Å². The lowest BCUT2D eigenvalue weighted by Crippen LogP contribution is -2.63. The lowest BCUT2D eigenvalue weighted by atomic mass is 9.78. The Morgan fingerprint density at radius 2 is 1.82 bits per heavy atom. The molecule has 5 nitrogen and oxygen atoms in total. The summed E-state index contributed by atoms with van der Waals surface area (Å²) in [6.45, 7) is 2.06. The highest BCUT2D eigenvalue weighted by Crippen LogP contribution is 2.56. The Hall–Kier alpha value is -3.05. The maximum Gasteiger partial charge on any atom is 0.338 e. The number of hydrogen-bond acceptors (Lipinski definition) is 4. The highest BCUT2D eigenvalue weighted by Gasteiger charge is 2.63. The number of esters is 1. The molecule has 2 atom stereocenters. The number of carbonyl (C=O) groups excluding carboxylic acids is 2. The summed E-state index contributed by atoms with van der Waals surface area (Å²) in [5.74, 6) is -0.0545. The molecule has 2 heterocycles. The number of alkyl halides is 1. The first-order valence-electron chi connectivity index (χ1n) is 8.96. The monoisotopic (exact) mass is 395 g/mol. The Labute approximate surface area is 167 Å². The van der Waals surface area contributed by atoms with Crippen LogP contribution in [-0.4, -0.2) is 18.5 Å². The number of benzene rings is 2. The second kappa shape index (κ2) is 7.17. The molecule has 28 heavy (non-hydrogen) atoms. The van der Waals surface area contributed by atoms with Gasteiger partial charge in [0.1, 0.15) is 11.8 Å². The minimum Gasteiger partial charge on any atom is -0.467 e. The Morgan fingerprint density at radius 3 is 2.43 bits per heavy atom. The molecule has 0 saturated carbocycles. The van der Waals surface area contributed by atoms with Gasteiger partial charge in [-0.1, -0.05) is 30.3 Å². The smallest absolute Gasteiger partial charge is 0.338 e. The summed E-state index contributed by atoms with van der Waals surface area (Å²) in [5, 5.41) is 0. The van der Waals surface area contributed by atoms with E-state index in [1.807, 2.05) is 30.3 Å². The van der Waals surface area contributed by atoms with Crippen LogP contribution in [-0.2, 0) is 14.4 Å².